The van der Waals surface area contributed by atoms with Gasteiger partial charge in [0.05, 0.1) is 35.3 Å². The third-order valence-corrected chi connectivity index (χ3v) is 6.65. The molecule has 0 amide bonds. The van der Waals surface area contributed by atoms with Crippen LogP contribution in [0.5, 0.6) is 0 Å². The van der Waals surface area contributed by atoms with E-state index in [2.05, 4.69) is 9.13 Å². The highest BCUT2D eigenvalue weighted by atomic mass is 32.2. The van der Waals surface area contributed by atoms with E-state index in [1.165, 1.54) is 0 Å². The number of nitrogens with zero attached hydrogens (tertiary/aromatic N) is 4. The number of aliphatic hydroxyl groups is 2. The van der Waals surface area contributed by atoms with Gasteiger partial charge in [-0.1, -0.05) is 47.8 Å². The van der Waals surface area contributed by atoms with Crippen molar-refractivity contribution in [2.45, 2.75) is 23.4 Å². The topological polar surface area (TPSA) is 76.1 Å². The van der Waals surface area contributed by atoms with Gasteiger partial charge in [0, 0.05) is 24.6 Å². The summed E-state index contributed by atoms with van der Waals surface area (Å²) in [6.07, 6.45) is 0. The van der Waals surface area contributed by atoms with E-state index in [0.29, 0.717) is 13.1 Å². The van der Waals surface area contributed by atoms with E-state index >= 15 is 0 Å². The highest BCUT2D eigenvalue weighted by molar-refractivity contribution is 8.02. The zero-order valence-corrected chi connectivity index (χ0v) is 17.0. The number of hydrogen-bond acceptors (Lipinski definition) is 6. The summed E-state index contributed by atoms with van der Waals surface area (Å²) in [5.41, 5.74) is 4.01. The van der Waals surface area contributed by atoms with Crippen molar-refractivity contribution in [3.63, 3.8) is 0 Å². The van der Waals surface area contributed by atoms with Gasteiger partial charge in [-0.05, 0) is 24.3 Å². The van der Waals surface area contributed by atoms with Gasteiger partial charge in [0.2, 0.25) is 0 Å². The minimum atomic E-state index is 0.0911. The first-order valence-electron chi connectivity index (χ1n) is 9.19. The van der Waals surface area contributed by atoms with E-state index in [1.54, 1.807) is 23.5 Å². The number of imidazole rings is 2. The van der Waals surface area contributed by atoms with Crippen LogP contribution in [0.3, 0.4) is 0 Å². The first-order chi connectivity index (χ1) is 13.8. The van der Waals surface area contributed by atoms with Crippen LogP contribution in [-0.2, 0) is 13.1 Å². The van der Waals surface area contributed by atoms with Gasteiger partial charge in [0.25, 0.3) is 0 Å². The second-order valence-corrected chi connectivity index (χ2v) is 8.34. The average Bonchev–Trinajstić information content (AvgIpc) is 3.25. The molecule has 0 aliphatic carbocycles. The van der Waals surface area contributed by atoms with Crippen molar-refractivity contribution in [2.24, 2.45) is 0 Å². The quantitative estimate of drug-likeness (QED) is 0.323. The minimum Gasteiger partial charge on any atom is -0.395 e. The van der Waals surface area contributed by atoms with Crippen LogP contribution >= 0.6 is 23.5 Å². The predicted molar refractivity (Wildman–Crippen MR) is 115 cm³/mol. The summed E-state index contributed by atoms with van der Waals surface area (Å²) in [5, 5.41) is 20.7. The van der Waals surface area contributed by atoms with Crippen LogP contribution < -0.4 is 0 Å². The summed E-state index contributed by atoms with van der Waals surface area (Å²) >= 11 is 3.38. The average molecular weight is 415 g/mol. The molecule has 6 nitrogen and oxygen atoms in total. The third kappa shape index (κ3) is 3.91. The van der Waals surface area contributed by atoms with Gasteiger partial charge in [-0.25, -0.2) is 9.97 Å². The first-order valence-corrected chi connectivity index (χ1v) is 11.2. The highest BCUT2D eigenvalue weighted by Crippen LogP contribution is 2.28. The van der Waals surface area contributed by atoms with Gasteiger partial charge in [-0.2, -0.15) is 0 Å². The van der Waals surface area contributed by atoms with Crippen molar-refractivity contribution in [3.8, 4) is 0 Å². The largest absolute Gasteiger partial charge is 0.395 e. The first kappa shape index (κ1) is 19.3. The van der Waals surface area contributed by atoms with E-state index < -0.39 is 0 Å². The monoisotopic (exact) mass is 414 g/mol. The number of aliphatic hydroxyl groups excluding tert-OH is 2. The van der Waals surface area contributed by atoms with Crippen molar-refractivity contribution in [1.82, 2.24) is 19.1 Å². The standard InChI is InChI=1S/C20H22N4O2S2/c25-11-9-23-17-7-3-1-5-15(17)21-19(23)27-13-14-28-20-22-16-6-2-4-8-18(16)24(20)10-12-26/h1-8,25-26H,9-14H2. The molecule has 0 bridgehead atoms. The van der Waals surface area contributed by atoms with Gasteiger partial charge in [-0.15, -0.1) is 0 Å². The van der Waals surface area contributed by atoms with E-state index in [0.717, 1.165) is 43.9 Å². The number of hydrogen-bond donors (Lipinski definition) is 2. The Morgan fingerprint density at radius 3 is 1.54 bits per heavy atom. The molecule has 8 heteroatoms. The summed E-state index contributed by atoms with van der Waals surface area (Å²) in [6, 6.07) is 16.0. The lowest BCUT2D eigenvalue weighted by Gasteiger charge is -2.08. The lowest BCUT2D eigenvalue weighted by molar-refractivity contribution is 0.273. The summed E-state index contributed by atoms with van der Waals surface area (Å²) < 4.78 is 4.15. The number of fused-ring (bicyclic) bond motifs is 2. The number of aromatic nitrogens is 4. The molecule has 4 rings (SSSR count). The Bertz CT molecular complexity index is 991. The molecule has 0 atom stereocenters. The Hall–Kier alpha value is -2.00. The van der Waals surface area contributed by atoms with Gasteiger partial charge in [0.15, 0.2) is 10.3 Å². The minimum absolute atomic E-state index is 0.0911. The van der Waals surface area contributed by atoms with Gasteiger partial charge in [-0.3, -0.25) is 0 Å². The van der Waals surface area contributed by atoms with E-state index in [9.17, 15) is 10.2 Å². The molecule has 2 heterocycles. The number of thioether (sulfide) groups is 2. The van der Waals surface area contributed by atoms with Gasteiger partial charge in [0.1, 0.15) is 0 Å². The summed E-state index contributed by atoms with van der Waals surface area (Å²) in [5.74, 6) is 1.75. The van der Waals surface area contributed by atoms with Crippen LogP contribution in [0.15, 0.2) is 58.8 Å². The summed E-state index contributed by atoms with van der Waals surface area (Å²) in [7, 11) is 0. The molecule has 2 N–H and O–H groups in total. The Morgan fingerprint density at radius 1 is 0.679 bits per heavy atom. The zero-order valence-electron chi connectivity index (χ0n) is 15.4. The maximum absolute atomic E-state index is 9.40. The molecule has 0 radical (unpaired) electrons. The molecule has 28 heavy (non-hydrogen) atoms. The molecule has 0 aliphatic rings. The third-order valence-electron chi connectivity index (χ3n) is 4.43. The van der Waals surface area contributed by atoms with Crippen LogP contribution in [0.4, 0.5) is 0 Å². The summed E-state index contributed by atoms with van der Waals surface area (Å²) in [6.45, 7) is 1.27. The van der Waals surface area contributed by atoms with E-state index in [1.807, 2.05) is 48.5 Å². The smallest absolute Gasteiger partial charge is 0.169 e. The lowest BCUT2D eigenvalue weighted by atomic mass is 10.3. The van der Waals surface area contributed by atoms with Gasteiger partial charge < -0.3 is 19.3 Å². The maximum Gasteiger partial charge on any atom is 0.169 e. The SMILES string of the molecule is OCCn1c(SCCSc2nc3ccccc3n2CCO)nc2ccccc21. The number of benzene rings is 2. The van der Waals surface area contributed by atoms with Crippen molar-refractivity contribution < 1.29 is 10.2 Å². The van der Waals surface area contributed by atoms with E-state index in [4.69, 9.17) is 9.97 Å². The fourth-order valence-electron chi connectivity index (χ4n) is 3.23. The second kappa shape index (κ2) is 9.00. The Morgan fingerprint density at radius 2 is 1.11 bits per heavy atom. The van der Waals surface area contributed by atoms with Crippen LogP contribution in [0.2, 0.25) is 0 Å². The molecular weight excluding hydrogens is 392 g/mol. The molecule has 0 saturated heterocycles. The molecule has 0 fully saturated rings. The normalized spacial score (nSPS) is 11.6. The lowest BCUT2D eigenvalue weighted by Crippen LogP contribution is -2.05. The predicted octanol–water partition coefficient (Wildman–Crippen LogP) is 3.26. The molecule has 146 valence electrons. The molecule has 0 unspecified atom stereocenters. The van der Waals surface area contributed by atoms with Crippen molar-refractivity contribution in [3.05, 3.63) is 48.5 Å². The molecular formula is C20H22N4O2S2. The molecule has 4 aromatic rings. The number of para-hydroxylation sites is 4. The van der Waals surface area contributed by atoms with E-state index in [-0.39, 0.29) is 13.2 Å². The Labute approximate surface area is 171 Å². The van der Waals surface area contributed by atoms with Crippen LogP contribution in [0, 0.1) is 0 Å². The fraction of sp³-hybridized carbons (Fsp3) is 0.300. The van der Waals surface area contributed by atoms with Crippen LogP contribution in [0.1, 0.15) is 0 Å². The molecule has 2 aromatic heterocycles. The van der Waals surface area contributed by atoms with Gasteiger partial charge >= 0.3 is 0 Å². The van der Waals surface area contributed by atoms with Crippen molar-refractivity contribution in [1.29, 1.82) is 0 Å². The van der Waals surface area contributed by atoms with Crippen molar-refractivity contribution in [2.75, 3.05) is 24.7 Å². The number of rotatable bonds is 9. The van der Waals surface area contributed by atoms with Crippen LogP contribution in [-0.4, -0.2) is 54.0 Å². The van der Waals surface area contributed by atoms with Crippen molar-refractivity contribution >= 4 is 45.6 Å². The highest BCUT2D eigenvalue weighted by Gasteiger charge is 2.13. The molecule has 2 aromatic carbocycles. The summed E-state index contributed by atoms with van der Waals surface area (Å²) in [4.78, 5) is 9.42. The maximum atomic E-state index is 9.40. The Balaban J connectivity index is 1.45. The molecule has 0 aliphatic heterocycles. The second-order valence-electron chi connectivity index (χ2n) is 6.21. The fourth-order valence-corrected chi connectivity index (χ4v) is 5.27. The molecule has 0 spiro atoms. The Kier molecular flexibility index (Phi) is 6.21. The zero-order chi connectivity index (χ0) is 19.3. The van der Waals surface area contributed by atoms with Crippen LogP contribution in [0.25, 0.3) is 22.1 Å². The molecule has 0 saturated carbocycles.